The van der Waals surface area contributed by atoms with Crippen molar-refractivity contribution >= 4 is 29.7 Å². The summed E-state index contributed by atoms with van der Waals surface area (Å²) in [6.45, 7) is 3.71. The predicted octanol–water partition coefficient (Wildman–Crippen LogP) is 1.84. The van der Waals surface area contributed by atoms with E-state index in [0.717, 1.165) is 30.8 Å². The molecule has 18 heavy (non-hydrogen) atoms. The Morgan fingerprint density at radius 3 is 3.00 bits per heavy atom. The Morgan fingerprint density at radius 1 is 1.67 bits per heavy atom. The van der Waals surface area contributed by atoms with Crippen molar-refractivity contribution in [1.29, 1.82) is 0 Å². The second kappa shape index (κ2) is 7.07. The third kappa shape index (κ3) is 3.67. The molecule has 1 aromatic rings. The van der Waals surface area contributed by atoms with E-state index in [0.29, 0.717) is 6.54 Å². The number of halogens is 1. The van der Waals surface area contributed by atoms with Crippen LogP contribution < -0.4 is 5.32 Å². The summed E-state index contributed by atoms with van der Waals surface area (Å²) >= 11 is 1.70. The van der Waals surface area contributed by atoms with Gasteiger partial charge in [0.1, 0.15) is 5.01 Å². The van der Waals surface area contributed by atoms with Crippen molar-refractivity contribution in [2.75, 3.05) is 13.6 Å². The Kier molecular flexibility index (Phi) is 6.05. The molecule has 2 heterocycles. The summed E-state index contributed by atoms with van der Waals surface area (Å²) in [7, 11) is 1.86. The van der Waals surface area contributed by atoms with Gasteiger partial charge in [-0.15, -0.1) is 23.7 Å². The van der Waals surface area contributed by atoms with Crippen LogP contribution in [0, 0.1) is 0 Å². The number of amides is 1. The topological polar surface area (TPSA) is 45.2 Å². The average molecular weight is 290 g/mol. The highest BCUT2D eigenvalue weighted by molar-refractivity contribution is 7.11. The number of carbonyl (C=O) groups excluding carboxylic acids is 1. The predicted molar refractivity (Wildman–Crippen MR) is 76.2 cm³/mol. The van der Waals surface area contributed by atoms with Crippen LogP contribution in [0.1, 0.15) is 29.7 Å². The molecule has 0 aromatic carbocycles. The SMILES string of the molecule is CCc1cnc(CN(C)C(=O)C2CCCN2)s1.Cl. The first-order chi connectivity index (χ1) is 8.20. The highest BCUT2D eigenvalue weighted by atomic mass is 35.5. The Hall–Kier alpha value is -0.650. The number of aromatic nitrogens is 1. The van der Waals surface area contributed by atoms with E-state index < -0.39 is 0 Å². The van der Waals surface area contributed by atoms with Crippen molar-refractivity contribution < 1.29 is 4.79 Å². The molecule has 1 saturated heterocycles. The Morgan fingerprint density at radius 2 is 2.44 bits per heavy atom. The minimum Gasteiger partial charge on any atom is -0.338 e. The number of nitrogens with one attached hydrogen (secondary N) is 1. The van der Waals surface area contributed by atoms with Crippen molar-refractivity contribution in [3.05, 3.63) is 16.1 Å². The van der Waals surface area contributed by atoms with E-state index in [1.165, 1.54) is 4.88 Å². The third-order valence-corrected chi connectivity index (χ3v) is 4.18. The molecule has 0 aliphatic carbocycles. The monoisotopic (exact) mass is 289 g/mol. The first-order valence-corrected chi connectivity index (χ1v) is 6.94. The lowest BCUT2D eigenvalue weighted by molar-refractivity contribution is -0.132. The number of rotatable bonds is 4. The molecule has 4 nitrogen and oxygen atoms in total. The van der Waals surface area contributed by atoms with E-state index in [9.17, 15) is 4.79 Å². The molecule has 1 fully saturated rings. The van der Waals surface area contributed by atoms with Gasteiger partial charge in [0.25, 0.3) is 0 Å². The van der Waals surface area contributed by atoms with Gasteiger partial charge < -0.3 is 10.2 Å². The van der Waals surface area contributed by atoms with Crippen LogP contribution in [-0.4, -0.2) is 35.4 Å². The molecule has 2 rings (SSSR count). The van der Waals surface area contributed by atoms with Crippen LogP contribution in [0.15, 0.2) is 6.20 Å². The van der Waals surface area contributed by atoms with Gasteiger partial charge in [0.05, 0.1) is 12.6 Å². The van der Waals surface area contributed by atoms with Gasteiger partial charge in [-0.05, 0) is 25.8 Å². The molecule has 1 amide bonds. The number of hydrogen-bond donors (Lipinski definition) is 1. The lowest BCUT2D eigenvalue weighted by Crippen LogP contribution is -2.41. The lowest BCUT2D eigenvalue weighted by atomic mass is 10.2. The molecule has 1 aliphatic rings. The zero-order valence-electron chi connectivity index (χ0n) is 10.8. The molecule has 0 bridgehead atoms. The number of hydrogen-bond acceptors (Lipinski definition) is 4. The van der Waals surface area contributed by atoms with Crippen molar-refractivity contribution in [2.24, 2.45) is 0 Å². The van der Waals surface area contributed by atoms with E-state index in [-0.39, 0.29) is 24.4 Å². The molecule has 0 radical (unpaired) electrons. The number of likely N-dealkylation sites (N-methyl/N-ethyl adjacent to an activating group) is 1. The Bertz CT molecular complexity index is 390. The standard InChI is InChI=1S/C12H19N3OS.ClH/c1-3-9-7-14-11(17-9)8-15(2)12(16)10-5-4-6-13-10;/h7,10,13H,3-6,8H2,1-2H3;1H. The van der Waals surface area contributed by atoms with Gasteiger partial charge in [-0.25, -0.2) is 4.98 Å². The molecule has 0 saturated carbocycles. The number of aryl methyl sites for hydroxylation is 1. The second-order valence-electron chi connectivity index (χ2n) is 4.42. The summed E-state index contributed by atoms with van der Waals surface area (Å²) in [5.41, 5.74) is 0. The molecular weight excluding hydrogens is 270 g/mol. The van der Waals surface area contributed by atoms with E-state index in [1.54, 1.807) is 16.2 Å². The molecule has 6 heteroatoms. The zero-order chi connectivity index (χ0) is 12.3. The largest absolute Gasteiger partial charge is 0.338 e. The van der Waals surface area contributed by atoms with Crippen LogP contribution >= 0.6 is 23.7 Å². The van der Waals surface area contributed by atoms with Gasteiger partial charge in [0.2, 0.25) is 5.91 Å². The van der Waals surface area contributed by atoms with Gasteiger partial charge in [-0.3, -0.25) is 4.79 Å². The quantitative estimate of drug-likeness (QED) is 0.920. The molecule has 102 valence electrons. The lowest BCUT2D eigenvalue weighted by Gasteiger charge is -2.19. The maximum absolute atomic E-state index is 12.1. The highest BCUT2D eigenvalue weighted by Crippen LogP contribution is 2.16. The minimum absolute atomic E-state index is 0. The average Bonchev–Trinajstić information content (AvgIpc) is 2.98. The van der Waals surface area contributed by atoms with E-state index in [1.807, 2.05) is 13.2 Å². The van der Waals surface area contributed by atoms with Crippen molar-refractivity contribution in [1.82, 2.24) is 15.2 Å². The fourth-order valence-electron chi connectivity index (χ4n) is 2.03. The summed E-state index contributed by atoms with van der Waals surface area (Å²) in [6.07, 6.45) is 4.98. The summed E-state index contributed by atoms with van der Waals surface area (Å²) in [4.78, 5) is 19.5. The Balaban J connectivity index is 0.00000162. The van der Waals surface area contributed by atoms with E-state index >= 15 is 0 Å². The van der Waals surface area contributed by atoms with E-state index in [2.05, 4.69) is 17.2 Å². The summed E-state index contributed by atoms with van der Waals surface area (Å²) in [5, 5.41) is 4.26. The maximum atomic E-state index is 12.1. The Labute approximate surface area is 118 Å². The number of carbonyl (C=O) groups is 1. The van der Waals surface area contributed by atoms with Crippen LogP contribution in [0.3, 0.4) is 0 Å². The molecule has 1 unspecified atom stereocenters. The summed E-state index contributed by atoms with van der Waals surface area (Å²) in [5.74, 6) is 0.191. The van der Waals surface area contributed by atoms with Crippen LogP contribution in [0.2, 0.25) is 0 Å². The van der Waals surface area contributed by atoms with Crippen molar-refractivity contribution in [2.45, 2.75) is 38.8 Å². The van der Waals surface area contributed by atoms with Gasteiger partial charge in [-0.1, -0.05) is 6.92 Å². The molecule has 1 aromatic heterocycles. The molecule has 1 aliphatic heterocycles. The maximum Gasteiger partial charge on any atom is 0.239 e. The van der Waals surface area contributed by atoms with E-state index in [4.69, 9.17) is 0 Å². The smallest absolute Gasteiger partial charge is 0.239 e. The van der Waals surface area contributed by atoms with Crippen LogP contribution in [0.25, 0.3) is 0 Å². The van der Waals surface area contributed by atoms with Crippen LogP contribution in [0.4, 0.5) is 0 Å². The zero-order valence-corrected chi connectivity index (χ0v) is 12.4. The highest BCUT2D eigenvalue weighted by Gasteiger charge is 2.25. The van der Waals surface area contributed by atoms with Crippen LogP contribution in [-0.2, 0) is 17.8 Å². The first-order valence-electron chi connectivity index (χ1n) is 6.12. The van der Waals surface area contributed by atoms with Gasteiger partial charge in [-0.2, -0.15) is 0 Å². The first kappa shape index (κ1) is 15.4. The molecule has 1 atom stereocenters. The number of thiazole rings is 1. The van der Waals surface area contributed by atoms with Gasteiger partial charge in [0, 0.05) is 18.1 Å². The molecule has 0 spiro atoms. The molecule has 1 N–H and O–H groups in total. The van der Waals surface area contributed by atoms with Gasteiger partial charge >= 0.3 is 0 Å². The minimum atomic E-state index is 0. The number of nitrogens with zero attached hydrogens (tertiary/aromatic N) is 2. The van der Waals surface area contributed by atoms with Gasteiger partial charge in [0.15, 0.2) is 0 Å². The van der Waals surface area contributed by atoms with Crippen LogP contribution in [0.5, 0.6) is 0 Å². The van der Waals surface area contributed by atoms with Crippen molar-refractivity contribution in [3.8, 4) is 0 Å². The molecular formula is C12H20ClN3OS. The normalized spacial score (nSPS) is 18.4. The third-order valence-electron chi connectivity index (χ3n) is 3.06. The second-order valence-corrected chi connectivity index (χ2v) is 5.62. The fraction of sp³-hybridized carbons (Fsp3) is 0.667. The fourth-order valence-corrected chi connectivity index (χ4v) is 2.94. The van der Waals surface area contributed by atoms with Crippen molar-refractivity contribution in [3.63, 3.8) is 0 Å². The summed E-state index contributed by atoms with van der Waals surface area (Å²) in [6, 6.07) is 0.0191. The summed E-state index contributed by atoms with van der Waals surface area (Å²) < 4.78 is 0.